The first-order valence-corrected chi connectivity index (χ1v) is 9.19. The second kappa shape index (κ2) is 16.8. The minimum Gasteiger partial charge on any atom is -0.396 e. The van der Waals surface area contributed by atoms with E-state index in [4.69, 9.17) is 19.7 Å². The van der Waals surface area contributed by atoms with Gasteiger partial charge < -0.3 is 40.5 Å². The van der Waals surface area contributed by atoms with Gasteiger partial charge in [0.25, 0.3) is 0 Å². The summed E-state index contributed by atoms with van der Waals surface area (Å²) in [6.07, 6.45) is -0.891. The average molecular weight is 394 g/mol. The predicted molar refractivity (Wildman–Crippen MR) is 96.9 cm³/mol. The van der Waals surface area contributed by atoms with Gasteiger partial charge >= 0.3 is 0 Å². The zero-order valence-electron chi connectivity index (χ0n) is 15.9. The molecule has 2 amide bonds. The molecule has 0 aromatic rings. The summed E-state index contributed by atoms with van der Waals surface area (Å²) in [4.78, 5) is 22.3. The molecule has 0 saturated heterocycles. The highest BCUT2D eigenvalue weighted by Gasteiger charge is 2.12. The van der Waals surface area contributed by atoms with Gasteiger partial charge in [-0.2, -0.15) is 0 Å². The smallest absolute Gasteiger partial charge is 0.222 e. The summed E-state index contributed by atoms with van der Waals surface area (Å²) < 4.78 is 10.9. The van der Waals surface area contributed by atoms with Crippen molar-refractivity contribution in [2.45, 2.75) is 38.4 Å². The molecule has 160 valence electrons. The molecular formula is C17H34N2O8. The van der Waals surface area contributed by atoms with Crippen LogP contribution in [-0.4, -0.2) is 97.2 Å². The summed E-state index contributed by atoms with van der Waals surface area (Å²) in [5.41, 5.74) is 0. The molecular weight excluding hydrogens is 360 g/mol. The molecule has 0 rings (SSSR count). The molecule has 0 heterocycles. The van der Waals surface area contributed by atoms with Crippen molar-refractivity contribution in [1.29, 1.82) is 0 Å². The first-order chi connectivity index (χ1) is 12.9. The van der Waals surface area contributed by atoms with E-state index in [1.54, 1.807) is 0 Å². The lowest BCUT2D eigenvalue weighted by molar-refractivity contribution is -0.123. The lowest BCUT2D eigenvalue weighted by atomic mass is 10.1. The topological polar surface area (TPSA) is 158 Å². The first kappa shape index (κ1) is 25.7. The van der Waals surface area contributed by atoms with Crippen molar-refractivity contribution in [1.82, 2.24) is 10.6 Å². The molecule has 0 spiro atoms. The van der Waals surface area contributed by atoms with E-state index in [1.807, 2.05) is 6.92 Å². The molecule has 0 aliphatic heterocycles. The first-order valence-electron chi connectivity index (χ1n) is 9.19. The number of aliphatic hydroxyl groups is 4. The van der Waals surface area contributed by atoms with E-state index in [-0.39, 0.29) is 70.1 Å². The molecule has 0 radical (unpaired) electrons. The van der Waals surface area contributed by atoms with Crippen LogP contribution in [0.3, 0.4) is 0 Å². The molecule has 0 bridgehead atoms. The molecule has 0 aliphatic rings. The largest absolute Gasteiger partial charge is 0.396 e. The van der Waals surface area contributed by atoms with Crippen molar-refractivity contribution in [3.8, 4) is 0 Å². The van der Waals surface area contributed by atoms with Crippen LogP contribution < -0.4 is 10.6 Å². The molecule has 0 aliphatic carbocycles. The van der Waals surface area contributed by atoms with E-state index in [0.717, 1.165) is 6.42 Å². The fourth-order valence-electron chi connectivity index (χ4n) is 1.99. The Morgan fingerprint density at radius 1 is 0.815 bits per heavy atom. The Bertz CT molecular complexity index is 363. The molecule has 0 aromatic heterocycles. The molecule has 10 heteroatoms. The van der Waals surface area contributed by atoms with Crippen molar-refractivity contribution >= 4 is 11.8 Å². The maximum Gasteiger partial charge on any atom is 0.222 e. The Labute approximate surface area is 159 Å². The van der Waals surface area contributed by atoms with E-state index >= 15 is 0 Å². The maximum absolute atomic E-state index is 11.2. The number of ether oxygens (including phenoxy) is 2. The summed E-state index contributed by atoms with van der Waals surface area (Å²) in [5, 5.41) is 41.6. The van der Waals surface area contributed by atoms with Gasteiger partial charge in [-0.15, -0.1) is 0 Å². The molecule has 0 fully saturated rings. The molecule has 2 atom stereocenters. The standard InChI is InChI=1S/C17H34N2O8/c1-2-13(9-26-11-14(22)7-18-16(24)3-5-20)10-27-12-15(23)8-19-17(25)4-6-21/h13-15,20-23H,2-12H2,1H3,(H,18,24)(H,19,25). The SMILES string of the molecule is CCC(COCC(O)CNC(=O)CCO)COCC(O)CNC(=O)CCO. The number of carbonyl (C=O) groups excluding carboxylic acids is 2. The van der Waals surface area contributed by atoms with Crippen LogP contribution in [0.2, 0.25) is 0 Å². The molecule has 6 N–H and O–H groups in total. The van der Waals surface area contributed by atoms with Gasteiger partial charge in [0.2, 0.25) is 11.8 Å². The second-order valence-corrected chi connectivity index (χ2v) is 6.21. The van der Waals surface area contributed by atoms with Gasteiger partial charge in [-0.3, -0.25) is 9.59 Å². The quantitative estimate of drug-likeness (QED) is 0.162. The third-order valence-corrected chi connectivity index (χ3v) is 3.65. The van der Waals surface area contributed by atoms with Crippen LogP contribution in [0.25, 0.3) is 0 Å². The van der Waals surface area contributed by atoms with Crippen LogP contribution in [0.1, 0.15) is 26.2 Å². The number of nitrogens with one attached hydrogen (secondary N) is 2. The van der Waals surface area contributed by atoms with E-state index in [1.165, 1.54) is 0 Å². The highest BCUT2D eigenvalue weighted by atomic mass is 16.5. The minimum absolute atomic E-state index is 0.000207. The molecule has 0 aromatic carbocycles. The number of hydrogen-bond donors (Lipinski definition) is 6. The van der Waals surface area contributed by atoms with E-state index in [9.17, 15) is 19.8 Å². The van der Waals surface area contributed by atoms with Crippen LogP contribution in [0.15, 0.2) is 0 Å². The summed E-state index contributed by atoms with van der Waals surface area (Å²) in [6.45, 7) is 2.46. The summed E-state index contributed by atoms with van der Waals surface area (Å²) in [6, 6.07) is 0. The number of rotatable bonds is 17. The lowest BCUT2D eigenvalue weighted by Crippen LogP contribution is -2.36. The van der Waals surface area contributed by atoms with Gasteiger partial charge in [0.15, 0.2) is 0 Å². The highest BCUT2D eigenvalue weighted by Crippen LogP contribution is 2.05. The third kappa shape index (κ3) is 15.5. The highest BCUT2D eigenvalue weighted by molar-refractivity contribution is 5.76. The van der Waals surface area contributed by atoms with Gasteiger partial charge in [0, 0.05) is 31.8 Å². The van der Waals surface area contributed by atoms with E-state index in [2.05, 4.69) is 10.6 Å². The predicted octanol–water partition coefficient (Wildman–Crippen LogP) is -2.24. The molecule has 10 nitrogen and oxygen atoms in total. The van der Waals surface area contributed by atoms with Crippen molar-refractivity contribution in [2.24, 2.45) is 5.92 Å². The zero-order chi connectivity index (χ0) is 20.5. The Morgan fingerprint density at radius 3 is 1.56 bits per heavy atom. The second-order valence-electron chi connectivity index (χ2n) is 6.21. The summed E-state index contributed by atoms with van der Waals surface area (Å²) in [7, 11) is 0. The fraction of sp³-hybridized carbons (Fsp3) is 0.882. The van der Waals surface area contributed by atoms with Crippen molar-refractivity contribution in [2.75, 3.05) is 52.7 Å². The van der Waals surface area contributed by atoms with Crippen LogP contribution in [-0.2, 0) is 19.1 Å². The van der Waals surface area contributed by atoms with Crippen LogP contribution in [0, 0.1) is 5.92 Å². The van der Waals surface area contributed by atoms with E-state index < -0.39 is 12.2 Å². The number of hydrogen-bond acceptors (Lipinski definition) is 8. The average Bonchev–Trinajstić information content (AvgIpc) is 2.64. The Balaban J connectivity index is 3.79. The molecule has 0 saturated carbocycles. The summed E-state index contributed by atoms with van der Waals surface area (Å²) in [5.74, 6) is -0.581. The maximum atomic E-state index is 11.2. The van der Waals surface area contributed by atoms with Gasteiger partial charge in [-0.1, -0.05) is 6.92 Å². The van der Waals surface area contributed by atoms with Gasteiger partial charge in [-0.05, 0) is 6.42 Å². The van der Waals surface area contributed by atoms with Gasteiger partial charge in [0.1, 0.15) is 0 Å². The number of carbonyl (C=O) groups is 2. The third-order valence-electron chi connectivity index (χ3n) is 3.65. The molecule has 2 unspecified atom stereocenters. The Kier molecular flexibility index (Phi) is 16.0. The van der Waals surface area contributed by atoms with Gasteiger partial charge in [-0.25, -0.2) is 0 Å². The van der Waals surface area contributed by atoms with Crippen molar-refractivity contribution in [3.63, 3.8) is 0 Å². The monoisotopic (exact) mass is 394 g/mol. The Hall–Kier alpha value is -1.30. The molecule has 27 heavy (non-hydrogen) atoms. The van der Waals surface area contributed by atoms with E-state index in [0.29, 0.717) is 13.2 Å². The number of amides is 2. The number of aliphatic hydroxyl groups excluding tert-OH is 4. The van der Waals surface area contributed by atoms with Crippen molar-refractivity contribution in [3.05, 3.63) is 0 Å². The van der Waals surface area contributed by atoms with Gasteiger partial charge in [0.05, 0.1) is 51.8 Å². The Morgan fingerprint density at radius 2 is 1.22 bits per heavy atom. The summed E-state index contributed by atoms with van der Waals surface area (Å²) >= 11 is 0. The fourth-order valence-corrected chi connectivity index (χ4v) is 1.99. The minimum atomic E-state index is -0.838. The van der Waals surface area contributed by atoms with Crippen LogP contribution in [0.4, 0.5) is 0 Å². The van der Waals surface area contributed by atoms with Crippen LogP contribution in [0.5, 0.6) is 0 Å². The zero-order valence-corrected chi connectivity index (χ0v) is 15.9. The van der Waals surface area contributed by atoms with Crippen LogP contribution >= 0.6 is 0 Å². The lowest BCUT2D eigenvalue weighted by Gasteiger charge is -2.19. The normalized spacial score (nSPS) is 14.4. The van der Waals surface area contributed by atoms with Crippen molar-refractivity contribution < 1.29 is 39.5 Å².